The van der Waals surface area contributed by atoms with E-state index in [2.05, 4.69) is 6.07 Å². The fourth-order valence-corrected chi connectivity index (χ4v) is 4.41. The van der Waals surface area contributed by atoms with E-state index < -0.39 is 11.9 Å². The first-order valence-electron chi connectivity index (χ1n) is 12.4. The van der Waals surface area contributed by atoms with Gasteiger partial charge in [-0.3, -0.25) is 14.5 Å². The highest BCUT2D eigenvalue weighted by Crippen LogP contribution is 2.33. The molecule has 0 spiro atoms. The lowest BCUT2D eigenvalue weighted by molar-refractivity contribution is -0.140. The van der Waals surface area contributed by atoms with Crippen molar-refractivity contribution in [1.82, 2.24) is 4.90 Å². The topological polar surface area (TPSA) is 101 Å². The van der Waals surface area contributed by atoms with E-state index in [4.69, 9.17) is 31.2 Å². The quantitative estimate of drug-likeness (QED) is 0.200. The van der Waals surface area contributed by atoms with Crippen LogP contribution in [0.5, 0.6) is 17.2 Å². The number of esters is 1. The number of thiocarbonyl (C=S) groups is 1. The van der Waals surface area contributed by atoms with Crippen molar-refractivity contribution in [2.24, 2.45) is 0 Å². The van der Waals surface area contributed by atoms with Crippen LogP contribution in [-0.4, -0.2) is 49.3 Å². The Labute approximate surface area is 237 Å². The van der Waals surface area contributed by atoms with Gasteiger partial charge in [-0.1, -0.05) is 24.3 Å². The third kappa shape index (κ3) is 6.06. The van der Waals surface area contributed by atoms with Gasteiger partial charge in [-0.25, -0.2) is 0 Å². The van der Waals surface area contributed by atoms with E-state index in [0.29, 0.717) is 40.7 Å². The summed E-state index contributed by atoms with van der Waals surface area (Å²) in [6.07, 6.45) is 1.64. The normalized spacial score (nSPS) is 13.8. The molecule has 0 N–H and O–H groups in total. The van der Waals surface area contributed by atoms with Crippen LogP contribution in [0, 0.1) is 11.3 Å². The van der Waals surface area contributed by atoms with Gasteiger partial charge < -0.3 is 23.8 Å². The Bertz CT molecular complexity index is 1500. The van der Waals surface area contributed by atoms with E-state index in [1.165, 1.54) is 16.9 Å². The molecular formula is C30H27N3O6S. The standard InChI is InChI=1S/C30H27N3O6S/c1-4-38-27-16-20(9-14-26(27)39-19-22-8-6-5-7-21(22)17-31)15-25-29(35)33(23-10-12-24(36-2)13-11-23)30(40)32(25)18-28(34)37-3/h5-16H,4,18-19H2,1-3H3/b25-15-. The summed E-state index contributed by atoms with van der Waals surface area (Å²) in [7, 11) is 2.83. The second kappa shape index (κ2) is 12.8. The number of hydrogen-bond acceptors (Lipinski definition) is 8. The molecule has 3 aromatic carbocycles. The van der Waals surface area contributed by atoms with Gasteiger partial charge in [-0.05, 0) is 73.2 Å². The molecule has 1 aliphatic rings. The lowest BCUT2D eigenvalue weighted by Crippen LogP contribution is -2.35. The van der Waals surface area contributed by atoms with E-state index >= 15 is 0 Å². The van der Waals surface area contributed by atoms with Gasteiger partial charge in [0.1, 0.15) is 24.6 Å². The number of nitriles is 1. The number of carbonyl (C=O) groups is 2. The molecule has 0 unspecified atom stereocenters. The van der Waals surface area contributed by atoms with Crippen LogP contribution in [0.3, 0.4) is 0 Å². The summed E-state index contributed by atoms with van der Waals surface area (Å²) < 4.78 is 21.9. The predicted octanol–water partition coefficient (Wildman–Crippen LogP) is 4.69. The van der Waals surface area contributed by atoms with Gasteiger partial charge in [0.25, 0.3) is 5.91 Å². The zero-order valence-electron chi connectivity index (χ0n) is 22.2. The molecule has 4 rings (SSSR count). The van der Waals surface area contributed by atoms with Crippen molar-refractivity contribution in [1.29, 1.82) is 5.26 Å². The Balaban J connectivity index is 1.67. The van der Waals surface area contributed by atoms with Crippen molar-refractivity contribution in [3.8, 4) is 23.3 Å². The molecule has 0 radical (unpaired) electrons. The van der Waals surface area contributed by atoms with Crippen molar-refractivity contribution in [2.75, 3.05) is 32.3 Å². The maximum Gasteiger partial charge on any atom is 0.325 e. The number of rotatable bonds is 10. The minimum atomic E-state index is -0.547. The molecule has 0 saturated carbocycles. The largest absolute Gasteiger partial charge is 0.497 e. The number of carbonyl (C=O) groups excluding carboxylic acids is 2. The zero-order chi connectivity index (χ0) is 28.6. The smallest absolute Gasteiger partial charge is 0.325 e. The summed E-state index contributed by atoms with van der Waals surface area (Å²) >= 11 is 5.61. The molecule has 0 aliphatic carbocycles. The van der Waals surface area contributed by atoms with Crippen LogP contribution in [0.2, 0.25) is 0 Å². The number of methoxy groups -OCH3 is 2. The second-order valence-electron chi connectivity index (χ2n) is 8.51. The summed E-state index contributed by atoms with van der Waals surface area (Å²) in [5.74, 6) is 0.631. The number of amides is 1. The minimum absolute atomic E-state index is 0.146. The molecule has 1 heterocycles. The molecule has 40 heavy (non-hydrogen) atoms. The molecule has 1 amide bonds. The number of benzene rings is 3. The van der Waals surface area contributed by atoms with Crippen molar-refractivity contribution >= 4 is 41.0 Å². The fraction of sp³-hybridized carbons (Fsp3) is 0.200. The summed E-state index contributed by atoms with van der Waals surface area (Å²) in [4.78, 5) is 28.6. The van der Waals surface area contributed by atoms with Crippen LogP contribution >= 0.6 is 12.2 Å². The lowest BCUT2D eigenvalue weighted by atomic mass is 10.1. The van der Waals surface area contributed by atoms with Gasteiger partial charge >= 0.3 is 5.97 Å². The van der Waals surface area contributed by atoms with Crippen LogP contribution in [0.25, 0.3) is 6.08 Å². The zero-order valence-corrected chi connectivity index (χ0v) is 23.1. The average Bonchev–Trinajstić information content (AvgIpc) is 3.20. The molecule has 0 aromatic heterocycles. The van der Waals surface area contributed by atoms with Crippen molar-refractivity contribution in [3.05, 3.63) is 89.1 Å². The molecular weight excluding hydrogens is 530 g/mol. The molecule has 0 atom stereocenters. The Morgan fingerprint density at radius 3 is 2.45 bits per heavy atom. The SMILES string of the molecule is CCOc1cc(/C=C2/C(=O)N(c3ccc(OC)cc3)C(=S)N2CC(=O)OC)ccc1OCc1ccccc1C#N. The van der Waals surface area contributed by atoms with Crippen molar-refractivity contribution in [3.63, 3.8) is 0 Å². The van der Waals surface area contributed by atoms with E-state index in [9.17, 15) is 14.9 Å². The van der Waals surface area contributed by atoms with Crippen LogP contribution in [-0.2, 0) is 20.9 Å². The van der Waals surface area contributed by atoms with E-state index in [1.807, 2.05) is 19.1 Å². The fourth-order valence-electron chi connectivity index (χ4n) is 4.06. The highest BCUT2D eigenvalue weighted by atomic mass is 32.1. The van der Waals surface area contributed by atoms with E-state index in [0.717, 1.165) is 5.56 Å². The third-order valence-corrected chi connectivity index (χ3v) is 6.48. The maximum absolute atomic E-state index is 13.6. The first-order chi connectivity index (χ1) is 19.4. The van der Waals surface area contributed by atoms with Gasteiger partial charge in [0.05, 0.1) is 38.1 Å². The van der Waals surface area contributed by atoms with Crippen LogP contribution in [0.15, 0.2) is 72.4 Å². The minimum Gasteiger partial charge on any atom is -0.497 e. The average molecular weight is 558 g/mol. The molecule has 10 heteroatoms. The van der Waals surface area contributed by atoms with Gasteiger partial charge in [0.15, 0.2) is 16.6 Å². The van der Waals surface area contributed by atoms with Gasteiger partial charge in [-0.2, -0.15) is 5.26 Å². The molecule has 204 valence electrons. The second-order valence-corrected chi connectivity index (χ2v) is 8.87. The Kier molecular flexibility index (Phi) is 8.99. The molecule has 1 fully saturated rings. The number of hydrogen-bond donors (Lipinski definition) is 0. The van der Waals surface area contributed by atoms with Crippen molar-refractivity contribution in [2.45, 2.75) is 13.5 Å². The number of anilines is 1. The van der Waals surface area contributed by atoms with Crippen molar-refractivity contribution < 1.29 is 28.5 Å². The van der Waals surface area contributed by atoms with E-state index in [1.54, 1.807) is 67.8 Å². The predicted molar refractivity (Wildman–Crippen MR) is 153 cm³/mol. The summed E-state index contributed by atoms with van der Waals surface area (Å²) in [6.45, 7) is 2.18. The highest BCUT2D eigenvalue weighted by molar-refractivity contribution is 7.80. The van der Waals surface area contributed by atoms with Gasteiger partial charge in [0.2, 0.25) is 0 Å². The molecule has 3 aromatic rings. The molecule has 9 nitrogen and oxygen atoms in total. The van der Waals surface area contributed by atoms with Gasteiger partial charge in [0, 0.05) is 5.56 Å². The van der Waals surface area contributed by atoms with Crippen LogP contribution in [0.4, 0.5) is 5.69 Å². The summed E-state index contributed by atoms with van der Waals surface area (Å²) in [5, 5.41) is 9.50. The lowest BCUT2D eigenvalue weighted by Gasteiger charge is -2.19. The van der Waals surface area contributed by atoms with Crippen LogP contribution in [0.1, 0.15) is 23.6 Å². The Morgan fingerprint density at radius 2 is 1.77 bits per heavy atom. The van der Waals surface area contributed by atoms with Crippen LogP contribution < -0.4 is 19.1 Å². The molecule has 0 bridgehead atoms. The highest BCUT2D eigenvalue weighted by Gasteiger charge is 2.40. The first-order valence-corrected chi connectivity index (χ1v) is 12.8. The number of nitrogens with zero attached hydrogens (tertiary/aromatic N) is 3. The molecule has 1 saturated heterocycles. The number of ether oxygens (including phenoxy) is 4. The summed E-state index contributed by atoms with van der Waals surface area (Å²) in [5.41, 5.74) is 2.65. The van der Waals surface area contributed by atoms with E-state index in [-0.39, 0.29) is 24.0 Å². The van der Waals surface area contributed by atoms with Gasteiger partial charge in [-0.15, -0.1) is 0 Å². The Hall–Kier alpha value is -4.88. The Morgan fingerprint density at radius 1 is 1.02 bits per heavy atom. The summed E-state index contributed by atoms with van der Waals surface area (Å²) in [6, 6.07) is 21.5. The maximum atomic E-state index is 13.6. The molecule has 1 aliphatic heterocycles. The third-order valence-electron chi connectivity index (χ3n) is 6.07. The first kappa shape index (κ1) is 28.1. The monoisotopic (exact) mass is 557 g/mol.